The second-order valence-corrected chi connectivity index (χ2v) is 6.70. The molecule has 83 valence electrons. The first-order chi connectivity index (χ1) is 6.81. The van der Waals surface area contributed by atoms with E-state index in [9.17, 15) is 5.21 Å². The van der Waals surface area contributed by atoms with Gasteiger partial charge in [0, 0.05) is 15.1 Å². The monoisotopic (exact) mass is 288 g/mol. The summed E-state index contributed by atoms with van der Waals surface area (Å²) < 4.78 is 0. The average Bonchev–Trinajstić information content (AvgIpc) is 2.64. The van der Waals surface area contributed by atoms with Crippen molar-refractivity contribution in [2.45, 2.75) is 44.1 Å². The number of hydrogen-bond acceptors (Lipinski definition) is 2. The van der Waals surface area contributed by atoms with E-state index in [0.717, 1.165) is 5.33 Å². The van der Waals surface area contributed by atoms with Gasteiger partial charge < -0.3 is 0 Å². The third kappa shape index (κ3) is 1.42. The first-order valence-corrected chi connectivity index (χ1v) is 6.92. The van der Waals surface area contributed by atoms with Crippen molar-refractivity contribution in [2.75, 3.05) is 0 Å². The molecule has 15 heavy (non-hydrogen) atoms. The smallest absolute Gasteiger partial charge is 0.0791 e. The summed E-state index contributed by atoms with van der Waals surface area (Å²) in [5, 5.41) is 14.3. The average molecular weight is 289 g/mol. The van der Waals surface area contributed by atoms with Crippen molar-refractivity contribution in [1.82, 2.24) is 5.06 Å². The van der Waals surface area contributed by atoms with Gasteiger partial charge in [0.15, 0.2) is 0 Å². The quantitative estimate of drug-likeness (QED) is 0.722. The predicted molar refractivity (Wildman–Crippen MR) is 65.5 cm³/mol. The lowest BCUT2D eigenvalue weighted by Gasteiger charge is -2.32. The van der Waals surface area contributed by atoms with E-state index in [0.29, 0.717) is 0 Å². The maximum Gasteiger partial charge on any atom is 0.0791 e. The molecule has 2 rings (SSSR count). The number of thiophene rings is 1. The Balaban J connectivity index is 2.61. The van der Waals surface area contributed by atoms with Crippen LogP contribution in [0.5, 0.6) is 0 Å². The minimum absolute atomic E-state index is 0.385. The highest BCUT2D eigenvalue weighted by molar-refractivity contribution is 9.08. The highest BCUT2D eigenvalue weighted by Gasteiger charge is 2.51. The van der Waals surface area contributed by atoms with Crippen LogP contribution < -0.4 is 0 Å². The molecule has 0 amide bonds. The van der Waals surface area contributed by atoms with Crippen molar-refractivity contribution >= 4 is 27.3 Å². The zero-order chi connectivity index (χ0) is 11.4. The van der Waals surface area contributed by atoms with Crippen molar-refractivity contribution in [1.29, 1.82) is 0 Å². The molecule has 0 aromatic carbocycles. The van der Waals surface area contributed by atoms with Crippen LogP contribution in [0.3, 0.4) is 0 Å². The van der Waals surface area contributed by atoms with Gasteiger partial charge in [-0.05, 0) is 39.3 Å². The maximum atomic E-state index is 12.2. The van der Waals surface area contributed by atoms with Crippen LogP contribution in [0.1, 0.15) is 43.0 Å². The topological polar surface area (TPSA) is 23.1 Å². The van der Waals surface area contributed by atoms with E-state index in [1.807, 2.05) is 27.7 Å². The second kappa shape index (κ2) is 3.29. The van der Waals surface area contributed by atoms with Crippen LogP contribution in [0, 0.1) is 0 Å². The zero-order valence-electron chi connectivity index (χ0n) is 9.43. The number of hydroxylamine groups is 2. The van der Waals surface area contributed by atoms with Crippen LogP contribution in [0.15, 0.2) is 6.07 Å². The fourth-order valence-corrected chi connectivity index (χ4v) is 4.07. The second-order valence-electron chi connectivity index (χ2n) is 5.00. The molecule has 2 nitrogen and oxygen atoms in total. The normalized spacial score (nSPS) is 23.1. The van der Waals surface area contributed by atoms with Gasteiger partial charge in [0.1, 0.15) is 0 Å². The van der Waals surface area contributed by atoms with E-state index in [-0.39, 0.29) is 5.54 Å². The molecule has 1 radical (unpaired) electrons. The summed E-state index contributed by atoms with van der Waals surface area (Å²) in [4.78, 5) is 2.52. The molecule has 0 spiro atoms. The van der Waals surface area contributed by atoms with Crippen LogP contribution in [0.4, 0.5) is 0 Å². The molecule has 0 unspecified atom stereocenters. The summed E-state index contributed by atoms with van der Waals surface area (Å²) >= 11 is 5.21. The highest BCUT2D eigenvalue weighted by Crippen LogP contribution is 2.51. The third-order valence-electron chi connectivity index (χ3n) is 3.15. The molecule has 0 saturated heterocycles. The minimum Gasteiger partial charge on any atom is -0.142 e. The van der Waals surface area contributed by atoms with Gasteiger partial charge in [0.2, 0.25) is 0 Å². The number of nitrogens with zero attached hydrogens (tertiary/aromatic N) is 1. The first-order valence-electron chi connectivity index (χ1n) is 4.99. The first kappa shape index (κ1) is 11.6. The summed E-state index contributed by atoms with van der Waals surface area (Å²) in [5.41, 5.74) is 0.418. The van der Waals surface area contributed by atoms with E-state index in [4.69, 9.17) is 0 Å². The Labute approximate surface area is 103 Å². The molecule has 2 heterocycles. The van der Waals surface area contributed by atoms with Crippen LogP contribution in [0.25, 0.3) is 0 Å². The van der Waals surface area contributed by atoms with E-state index < -0.39 is 5.54 Å². The molecule has 0 saturated carbocycles. The van der Waals surface area contributed by atoms with Crippen molar-refractivity contribution in [3.05, 3.63) is 21.4 Å². The fraction of sp³-hybridized carbons (Fsp3) is 0.636. The number of rotatable bonds is 1. The molecule has 0 aliphatic carbocycles. The molecule has 1 aromatic heterocycles. The Bertz CT molecular complexity index is 364. The number of hydrogen-bond donors (Lipinski definition) is 0. The summed E-state index contributed by atoms with van der Waals surface area (Å²) in [7, 11) is 0. The lowest BCUT2D eigenvalue weighted by Crippen LogP contribution is -2.41. The minimum atomic E-state index is -0.393. The van der Waals surface area contributed by atoms with Crippen LogP contribution in [-0.4, -0.2) is 5.06 Å². The SMILES string of the molecule is CC1(C)c2cc(CBr)sc2C(C)(C)N1[O]. The molecular weight excluding hydrogens is 274 g/mol. The van der Waals surface area contributed by atoms with Gasteiger partial charge in [0.05, 0.1) is 11.1 Å². The Morgan fingerprint density at radius 2 is 1.93 bits per heavy atom. The van der Waals surface area contributed by atoms with Crippen molar-refractivity contribution in [2.24, 2.45) is 0 Å². The Kier molecular flexibility index (Phi) is 2.54. The number of fused-ring (bicyclic) bond motifs is 1. The Morgan fingerprint density at radius 3 is 2.40 bits per heavy atom. The van der Waals surface area contributed by atoms with Crippen molar-refractivity contribution in [3.8, 4) is 0 Å². The zero-order valence-corrected chi connectivity index (χ0v) is 11.8. The molecule has 0 atom stereocenters. The predicted octanol–water partition coefficient (Wildman–Crippen LogP) is 3.77. The highest BCUT2D eigenvalue weighted by atomic mass is 79.9. The lowest BCUT2D eigenvalue weighted by molar-refractivity contribution is -0.265. The number of halogens is 1. The van der Waals surface area contributed by atoms with E-state index in [1.165, 1.54) is 20.4 Å². The molecule has 0 fully saturated rings. The number of alkyl halides is 1. The lowest BCUT2D eigenvalue weighted by atomic mass is 9.98. The van der Waals surface area contributed by atoms with Gasteiger partial charge in [-0.1, -0.05) is 15.9 Å². The van der Waals surface area contributed by atoms with Gasteiger partial charge in [0.25, 0.3) is 0 Å². The Morgan fingerprint density at radius 1 is 1.33 bits per heavy atom. The summed E-state index contributed by atoms with van der Waals surface area (Å²) in [6.07, 6.45) is 0. The molecule has 0 N–H and O–H groups in total. The largest absolute Gasteiger partial charge is 0.142 e. The molecule has 4 heteroatoms. The summed E-state index contributed by atoms with van der Waals surface area (Å²) in [5.74, 6) is 0. The molecule has 1 aliphatic heterocycles. The fourth-order valence-electron chi connectivity index (χ4n) is 2.32. The molecular formula is C11H15BrNOS. The summed E-state index contributed by atoms with van der Waals surface area (Å²) in [6, 6.07) is 2.16. The van der Waals surface area contributed by atoms with Crippen molar-refractivity contribution < 1.29 is 5.21 Å². The van der Waals surface area contributed by atoms with E-state index in [2.05, 4.69) is 22.0 Å². The van der Waals surface area contributed by atoms with E-state index in [1.54, 1.807) is 11.3 Å². The van der Waals surface area contributed by atoms with E-state index >= 15 is 0 Å². The molecule has 1 aliphatic rings. The molecule has 1 aromatic rings. The molecule has 0 bridgehead atoms. The summed E-state index contributed by atoms with van der Waals surface area (Å²) in [6.45, 7) is 8.00. The maximum absolute atomic E-state index is 12.2. The Hall–Kier alpha value is 0.1000. The van der Waals surface area contributed by atoms with Crippen molar-refractivity contribution in [3.63, 3.8) is 0 Å². The van der Waals surface area contributed by atoms with Gasteiger partial charge in [-0.15, -0.1) is 21.6 Å². The van der Waals surface area contributed by atoms with Crippen LogP contribution in [-0.2, 0) is 21.6 Å². The van der Waals surface area contributed by atoms with Gasteiger partial charge in [-0.3, -0.25) is 0 Å². The van der Waals surface area contributed by atoms with Gasteiger partial charge in [-0.2, -0.15) is 0 Å². The van der Waals surface area contributed by atoms with Crippen LogP contribution in [0.2, 0.25) is 0 Å². The van der Waals surface area contributed by atoms with Gasteiger partial charge in [-0.25, -0.2) is 0 Å². The van der Waals surface area contributed by atoms with Gasteiger partial charge >= 0.3 is 0 Å². The standard InChI is InChI=1S/C11H15BrNOS/c1-10(2)8-5-7(6-12)15-9(8)11(3,4)13(10)14/h5H,6H2,1-4H3. The van der Waals surface area contributed by atoms with Crippen LogP contribution >= 0.6 is 27.3 Å². The third-order valence-corrected chi connectivity index (χ3v) is 5.57.